The van der Waals surface area contributed by atoms with Gasteiger partial charge in [-0.3, -0.25) is 0 Å². The summed E-state index contributed by atoms with van der Waals surface area (Å²) in [7, 11) is 0. The molecule has 0 radical (unpaired) electrons. The molecule has 9 aromatic carbocycles. The highest BCUT2D eigenvalue weighted by Crippen LogP contribution is 2.48. The van der Waals surface area contributed by atoms with E-state index in [1.165, 1.54) is 22.3 Å². The van der Waals surface area contributed by atoms with E-state index in [2.05, 4.69) is 193 Å². The van der Waals surface area contributed by atoms with Gasteiger partial charge in [0.1, 0.15) is 22.3 Å². The second-order valence-corrected chi connectivity index (χ2v) is 14.4. The smallest absolute Gasteiger partial charge is 0.143 e. The molecule has 0 saturated carbocycles. The molecule has 0 bridgehead atoms. The molecule has 0 N–H and O–H groups in total. The molecule has 0 aliphatic heterocycles. The number of furan rings is 2. The molecule has 0 amide bonds. The van der Waals surface area contributed by atoms with Crippen molar-refractivity contribution in [2.24, 2.45) is 0 Å². The Hall–Kier alpha value is -7.62. The Morgan fingerprint density at radius 3 is 1.54 bits per heavy atom. The topological polar surface area (TPSA) is 29.5 Å². The van der Waals surface area contributed by atoms with E-state index in [0.29, 0.717) is 0 Å². The summed E-state index contributed by atoms with van der Waals surface area (Å²) in [6, 6.07) is 75.1. The van der Waals surface area contributed by atoms with Crippen LogP contribution in [-0.4, -0.2) is 0 Å². The summed E-state index contributed by atoms with van der Waals surface area (Å²) in [6.45, 7) is 0. The Kier molecular flexibility index (Phi) is 7.82. The molecule has 0 unspecified atom stereocenters. The number of hydrogen-bond acceptors (Lipinski definition) is 3. The van der Waals surface area contributed by atoms with Crippen LogP contribution in [0, 0.1) is 0 Å². The van der Waals surface area contributed by atoms with Gasteiger partial charge in [0.05, 0.1) is 16.8 Å². The molecular weight excluding hydrogens is 695 g/mol. The minimum absolute atomic E-state index is 0.849. The third-order valence-corrected chi connectivity index (χ3v) is 11.1. The quantitative estimate of drug-likeness (QED) is 0.164. The fraction of sp³-hybridized carbons (Fsp3) is 0. The fourth-order valence-corrected chi connectivity index (χ4v) is 8.55. The van der Waals surface area contributed by atoms with Gasteiger partial charge in [-0.25, -0.2) is 0 Å². The first-order valence-electron chi connectivity index (χ1n) is 19.3. The maximum Gasteiger partial charge on any atom is 0.143 e. The molecule has 2 heterocycles. The average molecular weight is 730 g/mol. The zero-order valence-electron chi connectivity index (χ0n) is 31.0. The highest BCUT2D eigenvalue weighted by atomic mass is 16.3. The van der Waals surface area contributed by atoms with Crippen LogP contribution in [0.2, 0.25) is 0 Å². The van der Waals surface area contributed by atoms with Crippen LogP contribution >= 0.6 is 0 Å². The number of nitrogens with zero attached hydrogens (tertiary/aromatic N) is 1. The lowest BCUT2D eigenvalue weighted by molar-refractivity contribution is 0.669. The third kappa shape index (κ3) is 5.51. The number of benzene rings is 9. The SMILES string of the molecule is c1ccc(-c2ccccc2-c2ccccc2-c2ccccc2N(c2ccc(-c3cccc4c3oc3ccccc34)cc2)c2cccc3oc4ccccc4c23)cc1. The van der Waals surface area contributed by atoms with Crippen molar-refractivity contribution in [3.05, 3.63) is 212 Å². The summed E-state index contributed by atoms with van der Waals surface area (Å²) in [5, 5.41) is 4.40. The zero-order valence-corrected chi connectivity index (χ0v) is 31.0. The molecule has 268 valence electrons. The summed E-state index contributed by atoms with van der Waals surface area (Å²) in [5.74, 6) is 0. The van der Waals surface area contributed by atoms with Crippen LogP contribution in [-0.2, 0) is 0 Å². The van der Waals surface area contributed by atoms with Crippen LogP contribution in [0.25, 0.3) is 88.4 Å². The summed E-state index contributed by atoms with van der Waals surface area (Å²) in [6.07, 6.45) is 0. The standard InChI is InChI=1S/C54H35NO2/c1-2-16-36(17-3-1)39-18-4-5-19-41(39)42-20-6-7-21-43(42)44-22-8-11-27-48(44)55(49-28-15-31-52-53(49)47-24-10-13-30-51(47)56-52)38-34-32-37(33-35-38)40-25-14-26-46-45-23-9-12-29-50(45)57-54(40)46/h1-35H. The van der Waals surface area contributed by atoms with Gasteiger partial charge < -0.3 is 13.7 Å². The summed E-state index contributed by atoms with van der Waals surface area (Å²) in [4.78, 5) is 2.39. The van der Waals surface area contributed by atoms with Crippen LogP contribution in [0.5, 0.6) is 0 Å². The lowest BCUT2D eigenvalue weighted by Crippen LogP contribution is -2.11. The molecule has 0 fully saturated rings. The normalized spacial score (nSPS) is 11.5. The Bertz CT molecular complexity index is 3240. The summed E-state index contributed by atoms with van der Waals surface area (Å²) < 4.78 is 12.9. The Morgan fingerprint density at radius 1 is 0.281 bits per heavy atom. The molecule has 3 heteroatoms. The van der Waals surface area contributed by atoms with Gasteiger partial charge in [0.2, 0.25) is 0 Å². The Labute approximate surface area is 330 Å². The van der Waals surface area contributed by atoms with Gasteiger partial charge in [0, 0.05) is 33.0 Å². The molecule has 0 aliphatic carbocycles. The number of para-hydroxylation sites is 4. The Balaban J connectivity index is 1.12. The minimum Gasteiger partial charge on any atom is -0.456 e. The maximum atomic E-state index is 6.47. The first-order chi connectivity index (χ1) is 28.3. The van der Waals surface area contributed by atoms with E-state index in [9.17, 15) is 0 Å². The second-order valence-electron chi connectivity index (χ2n) is 14.4. The molecule has 0 spiro atoms. The van der Waals surface area contributed by atoms with Crippen LogP contribution in [0.4, 0.5) is 17.1 Å². The van der Waals surface area contributed by atoms with Gasteiger partial charge in [0.25, 0.3) is 0 Å². The molecule has 0 saturated heterocycles. The lowest BCUT2D eigenvalue weighted by atomic mass is 9.88. The lowest BCUT2D eigenvalue weighted by Gasteiger charge is -2.29. The van der Waals surface area contributed by atoms with Gasteiger partial charge in [0.15, 0.2) is 0 Å². The summed E-state index contributed by atoms with van der Waals surface area (Å²) in [5.41, 5.74) is 15.8. The van der Waals surface area contributed by atoms with Crippen molar-refractivity contribution >= 4 is 60.9 Å². The largest absolute Gasteiger partial charge is 0.456 e. The minimum atomic E-state index is 0.849. The number of anilines is 3. The molecule has 2 aromatic heterocycles. The van der Waals surface area contributed by atoms with Crippen molar-refractivity contribution in [1.82, 2.24) is 0 Å². The van der Waals surface area contributed by atoms with Crippen LogP contribution in [0.3, 0.4) is 0 Å². The molecule has 0 atom stereocenters. The molecule has 57 heavy (non-hydrogen) atoms. The van der Waals surface area contributed by atoms with E-state index in [0.717, 1.165) is 83.2 Å². The van der Waals surface area contributed by atoms with E-state index in [-0.39, 0.29) is 0 Å². The van der Waals surface area contributed by atoms with Crippen molar-refractivity contribution in [2.45, 2.75) is 0 Å². The van der Waals surface area contributed by atoms with Gasteiger partial charge >= 0.3 is 0 Å². The van der Waals surface area contributed by atoms with Crippen molar-refractivity contribution < 1.29 is 8.83 Å². The van der Waals surface area contributed by atoms with E-state index in [1.807, 2.05) is 24.3 Å². The number of rotatable bonds is 7. The number of hydrogen-bond donors (Lipinski definition) is 0. The fourth-order valence-electron chi connectivity index (χ4n) is 8.55. The van der Waals surface area contributed by atoms with Gasteiger partial charge in [-0.1, -0.05) is 170 Å². The molecule has 0 aliphatic rings. The second kappa shape index (κ2) is 13.6. The predicted octanol–water partition coefficient (Wildman–Crippen LogP) is 15.6. The Morgan fingerprint density at radius 2 is 0.772 bits per heavy atom. The molecule has 11 rings (SSSR count). The zero-order chi connectivity index (χ0) is 37.7. The average Bonchev–Trinajstić information content (AvgIpc) is 3.87. The molecule has 3 nitrogen and oxygen atoms in total. The van der Waals surface area contributed by atoms with E-state index >= 15 is 0 Å². The maximum absolute atomic E-state index is 6.47. The predicted molar refractivity (Wildman–Crippen MR) is 237 cm³/mol. The van der Waals surface area contributed by atoms with E-state index in [4.69, 9.17) is 8.83 Å². The van der Waals surface area contributed by atoms with Crippen molar-refractivity contribution in [1.29, 1.82) is 0 Å². The van der Waals surface area contributed by atoms with Crippen LogP contribution < -0.4 is 4.90 Å². The van der Waals surface area contributed by atoms with Crippen LogP contribution in [0.15, 0.2) is 221 Å². The van der Waals surface area contributed by atoms with Gasteiger partial charge in [-0.05, 0) is 75.8 Å². The van der Waals surface area contributed by atoms with Gasteiger partial charge in [-0.2, -0.15) is 0 Å². The van der Waals surface area contributed by atoms with Crippen molar-refractivity contribution in [3.8, 4) is 44.5 Å². The molecular formula is C54H35NO2. The first kappa shape index (κ1) is 32.8. The van der Waals surface area contributed by atoms with Crippen molar-refractivity contribution in [3.63, 3.8) is 0 Å². The highest BCUT2D eigenvalue weighted by molar-refractivity contribution is 6.14. The van der Waals surface area contributed by atoms with Gasteiger partial charge in [-0.15, -0.1) is 0 Å². The van der Waals surface area contributed by atoms with E-state index < -0.39 is 0 Å². The molecule has 11 aromatic rings. The number of fused-ring (bicyclic) bond motifs is 6. The highest BCUT2D eigenvalue weighted by Gasteiger charge is 2.24. The first-order valence-corrected chi connectivity index (χ1v) is 19.3. The summed E-state index contributed by atoms with van der Waals surface area (Å²) >= 11 is 0. The van der Waals surface area contributed by atoms with Crippen molar-refractivity contribution in [2.75, 3.05) is 4.90 Å². The van der Waals surface area contributed by atoms with Crippen LogP contribution in [0.1, 0.15) is 0 Å². The third-order valence-electron chi connectivity index (χ3n) is 11.1. The monoisotopic (exact) mass is 729 g/mol. The van der Waals surface area contributed by atoms with E-state index in [1.54, 1.807) is 0 Å².